The second-order valence-corrected chi connectivity index (χ2v) is 4.86. The Morgan fingerprint density at radius 1 is 1.44 bits per heavy atom. The Morgan fingerprint density at radius 3 is 2.50 bits per heavy atom. The number of carbonyl (C=O) groups is 1. The molecule has 1 aromatic rings. The molecular formula is C13H17BrFNO2. The number of aliphatic carboxylic acids is 1. The van der Waals surface area contributed by atoms with Gasteiger partial charge in [0.05, 0.1) is 10.9 Å². The van der Waals surface area contributed by atoms with Gasteiger partial charge in [-0.2, -0.15) is 0 Å². The minimum atomic E-state index is -0.879. The molecule has 0 aliphatic heterocycles. The molecule has 0 saturated carbocycles. The summed E-state index contributed by atoms with van der Waals surface area (Å²) in [5.74, 6) is -1.25. The van der Waals surface area contributed by atoms with Gasteiger partial charge in [0.2, 0.25) is 0 Å². The topological polar surface area (TPSA) is 40.5 Å². The second kappa shape index (κ2) is 6.85. The molecule has 0 fully saturated rings. The van der Waals surface area contributed by atoms with Gasteiger partial charge in [-0.05, 0) is 46.7 Å². The summed E-state index contributed by atoms with van der Waals surface area (Å²) in [5.41, 5.74) is 0.696. The van der Waals surface area contributed by atoms with E-state index in [-0.39, 0.29) is 18.3 Å². The Hall–Kier alpha value is -0.940. The van der Waals surface area contributed by atoms with Gasteiger partial charge < -0.3 is 5.11 Å². The molecule has 1 atom stereocenters. The quantitative estimate of drug-likeness (QED) is 0.873. The van der Waals surface area contributed by atoms with Crippen LogP contribution in [-0.2, 0) is 4.79 Å². The summed E-state index contributed by atoms with van der Waals surface area (Å²) < 4.78 is 13.9. The Kier molecular flexibility index (Phi) is 5.75. The number of benzene rings is 1. The van der Waals surface area contributed by atoms with Gasteiger partial charge in [-0.3, -0.25) is 9.69 Å². The van der Waals surface area contributed by atoms with Crippen molar-refractivity contribution in [1.29, 1.82) is 0 Å². The number of hydrogen-bond donors (Lipinski definition) is 1. The van der Waals surface area contributed by atoms with Crippen LogP contribution in [0, 0.1) is 5.82 Å². The fraction of sp³-hybridized carbons (Fsp3) is 0.462. The average Bonchev–Trinajstić information content (AvgIpc) is 2.32. The monoisotopic (exact) mass is 317 g/mol. The molecule has 0 saturated heterocycles. The highest BCUT2D eigenvalue weighted by molar-refractivity contribution is 9.10. The Labute approximate surface area is 115 Å². The standard InChI is InChI=1S/C13H17BrFNO2/c1-3-16(4-2)12(8-13(17)18)9-5-6-10(14)11(15)7-9/h5-7,12H,3-4,8H2,1-2H3,(H,17,18). The van der Waals surface area contributed by atoms with Crippen LogP contribution in [0.2, 0.25) is 0 Å². The second-order valence-electron chi connectivity index (χ2n) is 4.01. The lowest BCUT2D eigenvalue weighted by Crippen LogP contribution is -2.30. The lowest BCUT2D eigenvalue weighted by Gasteiger charge is -2.29. The molecule has 0 heterocycles. The van der Waals surface area contributed by atoms with Crippen LogP contribution in [0.3, 0.4) is 0 Å². The van der Waals surface area contributed by atoms with Crippen molar-refractivity contribution in [3.63, 3.8) is 0 Å². The van der Waals surface area contributed by atoms with Crippen molar-refractivity contribution >= 4 is 21.9 Å². The largest absolute Gasteiger partial charge is 0.481 e. The number of halogens is 2. The molecule has 1 rings (SSSR count). The minimum Gasteiger partial charge on any atom is -0.481 e. The summed E-state index contributed by atoms with van der Waals surface area (Å²) in [4.78, 5) is 13.0. The lowest BCUT2D eigenvalue weighted by molar-refractivity contribution is -0.138. The van der Waals surface area contributed by atoms with Crippen LogP contribution in [0.4, 0.5) is 4.39 Å². The van der Waals surface area contributed by atoms with Crippen LogP contribution < -0.4 is 0 Å². The van der Waals surface area contributed by atoms with Crippen LogP contribution in [0.5, 0.6) is 0 Å². The van der Waals surface area contributed by atoms with Crippen molar-refractivity contribution in [2.75, 3.05) is 13.1 Å². The molecular weight excluding hydrogens is 301 g/mol. The number of carboxylic acid groups (broad SMARTS) is 1. The highest BCUT2D eigenvalue weighted by Gasteiger charge is 2.21. The first-order valence-electron chi connectivity index (χ1n) is 5.90. The zero-order valence-electron chi connectivity index (χ0n) is 10.5. The fourth-order valence-corrected chi connectivity index (χ4v) is 2.25. The van der Waals surface area contributed by atoms with Gasteiger partial charge in [-0.1, -0.05) is 19.9 Å². The van der Waals surface area contributed by atoms with Gasteiger partial charge in [0.15, 0.2) is 0 Å². The van der Waals surface area contributed by atoms with Crippen LogP contribution >= 0.6 is 15.9 Å². The molecule has 18 heavy (non-hydrogen) atoms. The number of carboxylic acids is 1. The van der Waals surface area contributed by atoms with E-state index in [0.717, 1.165) is 13.1 Å². The number of hydrogen-bond acceptors (Lipinski definition) is 2. The summed E-state index contributed by atoms with van der Waals surface area (Å²) >= 11 is 3.10. The van der Waals surface area contributed by atoms with Crippen LogP contribution in [-0.4, -0.2) is 29.1 Å². The van der Waals surface area contributed by atoms with Crippen LogP contribution in [0.25, 0.3) is 0 Å². The highest BCUT2D eigenvalue weighted by Crippen LogP contribution is 2.27. The zero-order chi connectivity index (χ0) is 13.7. The third-order valence-electron chi connectivity index (χ3n) is 2.95. The first-order chi connectivity index (χ1) is 8.49. The highest BCUT2D eigenvalue weighted by atomic mass is 79.9. The molecule has 3 nitrogen and oxygen atoms in total. The summed E-state index contributed by atoms with van der Waals surface area (Å²) in [6.45, 7) is 5.39. The molecule has 1 unspecified atom stereocenters. The molecule has 100 valence electrons. The normalized spacial score (nSPS) is 12.7. The summed E-state index contributed by atoms with van der Waals surface area (Å²) in [7, 11) is 0. The Morgan fingerprint density at radius 2 is 2.06 bits per heavy atom. The lowest BCUT2D eigenvalue weighted by atomic mass is 10.0. The van der Waals surface area contributed by atoms with Gasteiger partial charge in [-0.25, -0.2) is 4.39 Å². The van der Waals surface area contributed by atoms with E-state index < -0.39 is 5.97 Å². The number of rotatable bonds is 6. The SMILES string of the molecule is CCN(CC)C(CC(=O)O)c1ccc(Br)c(F)c1. The molecule has 0 aliphatic carbocycles. The van der Waals surface area contributed by atoms with E-state index >= 15 is 0 Å². The smallest absolute Gasteiger partial charge is 0.305 e. The van der Waals surface area contributed by atoms with Crippen LogP contribution in [0.1, 0.15) is 31.9 Å². The van der Waals surface area contributed by atoms with Crippen molar-refractivity contribution in [2.24, 2.45) is 0 Å². The molecule has 5 heteroatoms. The predicted molar refractivity (Wildman–Crippen MR) is 72.0 cm³/mol. The maximum Gasteiger partial charge on any atom is 0.305 e. The maximum atomic E-state index is 13.5. The summed E-state index contributed by atoms with van der Waals surface area (Å²) in [6, 6.07) is 4.48. The molecule has 0 aliphatic rings. The number of nitrogens with zero attached hydrogens (tertiary/aromatic N) is 1. The van der Waals surface area contributed by atoms with Crippen molar-refractivity contribution in [1.82, 2.24) is 4.90 Å². The predicted octanol–water partition coefficient (Wildman–Crippen LogP) is 3.45. The molecule has 0 amide bonds. The van der Waals surface area contributed by atoms with Crippen molar-refractivity contribution in [3.05, 3.63) is 34.1 Å². The van der Waals surface area contributed by atoms with E-state index in [9.17, 15) is 9.18 Å². The van der Waals surface area contributed by atoms with E-state index in [0.29, 0.717) is 10.0 Å². The first-order valence-corrected chi connectivity index (χ1v) is 6.69. The van der Waals surface area contributed by atoms with Crippen LogP contribution in [0.15, 0.2) is 22.7 Å². The minimum absolute atomic E-state index is 0.0250. The van der Waals surface area contributed by atoms with Gasteiger partial charge >= 0.3 is 5.97 Å². The van der Waals surface area contributed by atoms with E-state index in [1.165, 1.54) is 6.07 Å². The van der Waals surface area contributed by atoms with Gasteiger partial charge in [-0.15, -0.1) is 0 Å². The molecule has 0 radical (unpaired) electrons. The van der Waals surface area contributed by atoms with E-state index in [2.05, 4.69) is 15.9 Å². The molecule has 0 bridgehead atoms. The fourth-order valence-electron chi connectivity index (χ4n) is 2.01. The summed E-state index contributed by atoms with van der Waals surface area (Å²) in [6.07, 6.45) is -0.0250. The molecule has 1 N–H and O–H groups in total. The zero-order valence-corrected chi connectivity index (χ0v) is 12.1. The third-order valence-corrected chi connectivity index (χ3v) is 3.59. The van der Waals surface area contributed by atoms with Crippen molar-refractivity contribution in [3.8, 4) is 0 Å². The first kappa shape index (κ1) is 15.1. The van der Waals surface area contributed by atoms with E-state index in [4.69, 9.17) is 5.11 Å². The van der Waals surface area contributed by atoms with Gasteiger partial charge in [0, 0.05) is 6.04 Å². The Balaban J connectivity index is 3.07. The third kappa shape index (κ3) is 3.78. The molecule has 0 aromatic heterocycles. The van der Waals surface area contributed by atoms with E-state index in [1.54, 1.807) is 12.1 Å². The van der Waals surface area contributed by atoms with Gasteiger partial charge in [0.1, 0.15) is 5.82 Å². The molecule has 1 aromatic carbocycles. The Bertz CT molecular complexity index is 421. The van der Waals surface area contributed by atoms with Gasteiger partial charge in [0.25, 0.3) is 0 Å². The van der Waals surface area contributed by atoms with Crippen molar-refractivity contribution in [2.45, 2.75) is 26.3 Å². The summed E-state index contributed by atoms with van der Waals surface area (Å²) in [5, 5.41) is 8.98. The maximum absolute atomic E-state index is 13.5. The average molecular weight is 318 g/mol. The van der Waals surface area contributed by atoms with Crippen molar-refractivity contribution < 1.29 is 14.3 Å². The molecule has 0 spiro atoms. The van der Waals surface area contributed by atoms with E-state index in [1.807, 2.05) is 18.7 Å².